The summed E-state index contributed by atoms with van der Waals surface area (Å²) in [6.07, 6.45) is 2.48. The summed E-state index contributed by atoms with van der Waals surface area (Å²) in [7, 11) is 1.83. The molecule has 5 heteroatoms. The molecule has 1 heterocycles. The lowest BCUT2D eigenvalue weighted by molar-refractivity contribution is 0.220. The third-order valence-corrected chi connectivity index (χ3v) is 4.94. The van der Waals surface area contributed by atoms with Crippen molar-refractivity contribution < 1.29 is 9.53 Å². The third kappa shape index (κ3) is 4.73. The number of hydrogen-bond acceptors (Lipinski definition) is 3. The van der Waals surface area contributed by atoms with E-state index in [1.54, 1.807) is 4.90 Å². The maximum atomic E-state index is 12.7. The van der Waals surface area contributed by atoms with Gasteiger partial charge in [-0.15, -0.1) is 0 Å². The van der Waals surface area contributed by atoms with Crippen LogP contribution in [0.4, 0.5) is 16.2 Å². The molecule has 0 saturated carbocycles. The number of carbonyl (C=O) groups excluding carboxylic acids is 1. The van der Waals surface area contributed by atoms with Crippen molar-refractivity contribution in [3.05, 3.63) is 53.6 Å². The fourth-order valence-corrected chi connectivity index (χ4v) is 3.48. The summed E-state index contributed by atoms with van der Waals surface area (Å²) < 4.78 is 5.51. The van der Waals surface area contributed by atoms with Crippen molar-refractivity contribution in [1.82, 2.24) is 4.90 Å². The van der Waals surface area contributed by atoms with Gasteiger partial charge in [0.25, 0.3) is 0 Å². The Morgan fingerprint density at radius 3 is 2.63 bits per heavy atom. The first-order valence-electron chi connectivity index (χ1n) is 9.67. The largest absolute Gasteiger partial charge is 0.494 e. The zero-order valence-corrected chi connectivity index (χ0v) is 16.5. The van der Waals surface area contributed by atoms with E-state index in [0.717, 1.165) is 30.1 Å². The van der Waals surface area contributed by atoms with E-state index in [9.17, 15) is 4.79 Å². The number of ether oxygens (including phenoxy) is 1. The molecule has 5 nitrogen and oxygen atoms in total. The fraction of sp³-hybridized carbons (Fsp3) is 0.409. The van der Waals surface area contributed by atoms with E-state index >= 15 is 0 Å². The van der Waals surface area contributed by atoms with Gasteiger partial charge < -0.3 is 19.9 Å². The number of urea groups is 1. The van der Waals surface area contributed by atoms with Gasteiger partial charge >= 0.3 is 6.03 Å². The quantitative estimate of drug-likeness (QED) is 0.808. The van der Waals surface area contributed by atoms with E-state index < -0.39 is 0 Å². The Labute approximate surface area is 161 Å². The van der Waals surface area contributed by atoms with Crippen LogP contribution in [-0.4, -0.2) is 37.7 Å². The molecule has 2 aromatic carbocycles. The molecule has 0 radical (unpaired) electrons. The molecule has 1 N–H and O–H groups in total. The fourth-order valence-electron chi connectivity index (χ4n) is 3.48. The molecular formula is C22H29N3O2. The van der Waals surface area contributed by atoms with Gasteiger partial charge in [0.05, 0.1) is 6.61 Å². The second kappa shape index (κ2) is 8.80. The molecule has 0 atom stereocenters. The maximum absolute atomic E-state index is 12.7. The zero-order chi connectivity index (χ0) is 19.2. The molecule has 3 rings (SSSR count). The van der Waals surface area contributed by atoms with Crippen molar-refractivity contribution in [1.29, 1.82) is 0 Å². The van der Waals surface area contributed by atoms with Crippen molar-refractivity contribution in [2.75, 3.05) is 37.0 Å². The van der Waals surface area contributed by atoms with Gasteiger partial charge in [-0.2, -0.15) is 0 Å². The van der Waals surface area contributed by atoms with Crippen LogP contribution >= 0.6 is 0 Å². The van der Waals surface area contributed by atoms with Crippen LogP contribution in [0.1, 0.15) is 30.9 Å². The van der Waals surface area contributed by atoms with E-state index in [1.165, 1.54) is 24.1 Å². The predicted octanol–water partition coefficient (Wildman–Crippen LogP) is 4.66. The molecule has 0 bridgehead atoms. The number of aryl methyl sites for hydroxylation is 1. The summed E-state index contributed by atoms with van der Waals surface area (Å²) in [5.41, 5.74) is 4.22. The van der Waals surface area contributed by atoms with Gasteiger partial charge in [-0.25, -0.2) is 4.79 Å². The highest BCUT2D eigenvalue weighted by atomic mass is 16.5. The van der Waals surface area contributed by atoms with Gasteiger partial charge in [-0.1, -0.05) is 18.2 Å². The van der Waals surface area contributed by atoms with Crippen LogP contribution in [0.5, 0.6) is 5.75 Å². The Kier molecular flexibility index (Phi) is 6.22. The van der Waals surface area contributed by atoms with Crippen molar-refractivity contribution in [3.8, 4) is 5.75 Å². The summed E-state index contributed by atoms with van der Waals surface area (Å²) in [6, 6.07) is 14.0. The van der Waals surface area contributed by atoms with Crippen LogP contribution in [0.25, 0.3) is 0 Å². The first kappa shape index (κ1) is 19.1. The average molecular weight is 367 g/mol. The second-order valence-corrected chi connectivity index (χ2v) is 7.02. The van der Waals surface area contributed by atoms with Gasteiger partial charge in [0.2, 0.25) is 0 Å². The monoisotopic (exact) mass is 367 g/mol. The predicted molar refractivity (Wildman–Crippen MR) is 111 cm³/mol. The molecule has 1 aliphatic rings. The van der Waals surface area contributed by atoms with Crippen molar-refractivity contribution in [2.45, 2.75) is 33.2 Å². The summed E-state index contributed by atoms with van der Waals surface area (Å²) in [5, 5.41) is 3.01. The molecule has 144 valence electrons. The molecule has 0 unspecified atom stereocenters. The molecule has 0 spiro atoms. The first-order chi connectivity index (χ1) is 13.1. The molecule has 1 saturated heterocycles. The highest BCUT2D eigenvalue weighted by molar-refractivity contribution is 5.90. The smallest absolute Gasteiger partial charge is 0.321 e. The lowest BCUT2D eigenvalue weighted by Crippen LogP contribution is -2.32. The van der Waals surface area contributed by atoms with E-state index in [0.29, 0.717) is 13.2 Å². The standard InChI is InChI=1S/C22H29N3O2/c1-4-27-19-11-12-20(17(2)15-19)23-22(26)24(3)16-18-9-5-6-10-21(18)25-13-7-8-14-25/h5-6,9-12,15H,4,7-8,13-14,16H2,1-3H3,(H,23,26). The topological polar surface area (TPSA) is 44.8 Å². The highest BCUT2D eigenvalue weighted by Gasteiger charge is 2.18. The van der Waals surface area contributed by atoms with Crippen molar-refractivity contribution in [2.24, 2.45) is 0 Å². The van der Waals surface area contributed by atoms with Gasteiger partial charge in [-0.3, -0.25) is 0 Å². The number of amides is 2. The number of carbonyl (C=O) groups is 1. The highest BCUT2D eigenvalue weighted by Crippen LogP contribution is 2.26. The Morgan fingerprint density at radius 1 is 1.19 bits per heavy atom. The van der Waals surface area contributed by atoms with E-state index in [2.05, 4.69) is 28.4 Å². The molecule has 0 aromatic heterocycles. The number of nitrogens with zero attached hydrogens (tertiary/aromatic N) is 2. The summed E-state index contributed by atoms with van der Waals surface area (Å²) in [4.78, 5) is 16.8. The van der Waals surface area contributed by atoms with Crippen LogP contribution in [0.3, 0.4) is 0 Å². The van der Waals surface area contributed by atoms with Crippen LogP contribution in [-0.2, 0) is 6.54 Å². The normalized spacial score (nSPS) is 13.5. The minimum absolute atomic E-state index is 0.113. The Hall–Kier alpha value is -2.69. The van der Waals surface area contributed by atoms with Gasteiger partial charge in [0.1, 0.15) is 5.75 Å². The average Bonchev–Trinajstić information content (AvgIpc) is 3.19. The summed E-state index contributed by atoms with van der Waals surface area (Å²) in [5.74, 6) is 0.820. The van der Waals surface area contributed by atoms with Crippen LogP contribution in [0.2, 0.25) is 0 Å². The Morgan fingerprint density at radius 2 is 1.93 bits per heavy atom. The van der Waals surface area contributed by atoms with E-state index in [-0.39, 0.29) is 6.03 Å². The second-order valence-electron chi connectivity index (χ2n) is 7.02. The van der Waals surface area contributed by atoms with Crippen molar-refractivity contribution in [3.63, 3.8) is 0 Å². The Bertz CT molecular complexity index is 785. The number of hydrogen-bond donors (Lipinski definition) is 1. The molecular weight excluding hydrogens is 338 g/mol. The summed E-state index contributed by atoms with van der Waals surface area (Å²) >= 11 is 0. The Balaban J connectivity index is 1.66. The van der Waals surface area contributed by atoms with Gasteiger partial charge in [0, 0.05) is 38.1 Å². The zero-order valence-electron chi connectivity index (χ0n) is 16.5. The molecule has 0 aliphatic carbocycles. The number of para-hydroxylation sites is 1. The van der Waals surface area contributed by atoms with Crippen molar-refractivity contribution >= 4 is 17.4 Å². The number of rotatable bonds is 6. The lowest BCUT2D eigenvalue weighted by Gasteiger charge is -2.25. The van der Waals surface area contributed by atoms with Crippen LogP contribution in [0, 0.1) is 6.92 Å². The lowest BCUT2D eigenvalue weighted by atomic mass is 10.1. The van der Waals surface area contributed by atoms with Crippen LogP contribution in [0.15, 0.2) is 42.5 Å². The minimum Gasteiger partial charge on any atom is -0.494 e. The molecule has 1 aliphatic heterocycles. The minimum atomic E-state index is -0.113. The molecule has 2 amide bonds. The van der Waals surface area contributed by atoms with E-state index in [1.807, 2.05) is 45.2 Å². The number of nitrogens with one attached hydrogen (secondary N) is 1. The summed E-state index contributed by atoms with van der Waals surface area (Å²) in [6.45, 7) is 7.33. The molecule has 1 fully saturated rings. The maximum Gasteiger partial charge on any atom is 0.321 e. The molecule has 2 aromatic rings. The van der Waals surface area contributed by atoms with E-state index in [4.69, 9.17) is 4.74 Å². The SMILES string of the molecule is CCOc1ccc(NC(=O)N(C)Cc2ccccc2N2CCCC2)c(C)c1. The van der Waals surface area contributed by atoms with Gasteiger partial charge in [-0.05, 0) is 62.1 Å². The van der Waals surface area contributed by atoms with Gasteiger partial charge in [0.15, 0.2) is 0 Å². The number of benzene rings is 2. The first-order valence-corrected chi connectivity index (χ1v) is 9.67. The number of anilines is 2. The third-order valence-electron chi connectivity index (χ3n) is 4.94. The van der Waals surface area contributed by atoms with Crippen LogP contribution < -0.4 is 15.0 Å². The molecule has 27 heavy (non-hydrogen) atoms.